The monoisotopic (exact) mass is 220 g/mol. The van der Waals surface area contributed by atoms with Gasteiger partial charge in [-0.3, -0.25) is 0 Å². The summed E-state index contributed by atoms with van der Waals surface area (Å²) >= 11 is 6.94. The van der Waals surface area contributed by atoms with Crippen LogP contribution in [0.4, 0.5) is 5.13 Å². The van der Waals surface area contributed by atoms with E-state index in [1.165, 1.54) is 11.3 Å². The van der Waals surface area contributed by atoms with E-state index in [0.717, 1.165) is 0 Å². The van der Waals surface area contributed by atoms with Gasteiger partial charge < -0.3 is 10.0 Å². The molecule has 6 heteroatoms. The lowest BCUT2D eigenvalue weighted by molar-refractivity contribution is -0.138. The van der Waals surface area contributed by atoms with Crippen LogP contribution < -0.4 is 4.90 Å². The maximum Gasteiger partial charge on any atom is 0.326 e. The molecule has 0 saturated carbocycles. The van der Waals surface area contributed by atoms with Crippen molar-refractivity contribution in [2.45, 2.75) is 13.0 Å². The fourth-order valence-electron chi connectivity index (χ4n) is 0.739. The Kier molecular flexibility index (Phi) is 3.11. The van der Waals surface area contributed by atoms with E-state index in [1.807, 2.05) is 0 Å². The van der Waals surface area contributed by atoms with Crippen molar-refractivity contribution in [3.05, 3.63) is 10.5 Å². The van der Waals surface area contributed by atoms with Crippen LogP contribution in [0.5, 0.6) is 0 Å². The fourth-order valence-corrected chi connectivity index (χ4v) is 1.73. The second kappa shape index (κ2) is 3.93. The third-order valence-electron chi connectivity index (χ3n) is 1.70. The van der Waals surface area contributed by atoms with Gasteiger partial charge in [-0.25, -0.2) is 9.78 Å². The van der Waals surface area contributed by atoms with Gasteiger partial charge in [0, 0.05) is 12.4 Å². The van der Waals surface area contributed by atoms with Crippen LogP contribution in [0.3, 0.4) is 0 Å². The summed E-state index contributed by atoms with van der Waals surface area (Å²) in [5.74, 6) is -0.881. The Hall–Kier alpha value is -0.810. The van der Waals surface area contributed by atoms with Crippen molar-refractivity contribution in [1.82, 2.24) is 4.98 Å². The summed E-state index contributed by atoms with van der Waals surface area (Å²) < 4.78 is 0. The van der Waals surface area contributed by atoms with Gasteiger partial charge in [-0.05, 0) is 6.92 Å². The smallest absolute Gasteiger partial charge is 0.326 e. The molecular weight excluding hydrogens is 212 g/mol. The average Bonchev–Trinajstić information content (AvgIpc) is 2.49. The molecule has 72 valence electrons. The molecular formula is C7H9ClN2O2S. The van der Waals surface area contributed by atoms with Gasteiger partial charge in [-0.1, -0.05) is 11.6 Å². The highest BCUT2D eigenvalue weighted by Gasteiger charge is 2.19. The number of rotatable bonds is 3. The van der Waals surface area contributed by atoms with Crippen molar-refractivity contribution in [1.29, 1.82) is 0 Å². The van der Waals surface area contributed by atoms with E-state index in [9.17, 15) is 4.79 Å². The molecule has 0 saturated heterocycles. The third kappa shape index (κ3) is 2.32. The zero-order valence-corrected chi connectivity index (χ0v) is 8.76. The molecule has 0 aliphatic rings. The van der Waals surface area contributed by atoms with Crippen LogP contribution in [0.25, 0.3) is 0 Å². The quantitative estimate of drug-likeness (QED) is 0.843. The van der Waals surface area contributed by atoms with E-state index in [2.05, 4.69) is 4.98 Å². The molecule has 0 aliphatic heterocycles. The van der Waals surface area contributed by atoms with Crippen LogP contribution in [0.15, 0.2) is 5.38 Å². The maximum absolute atomic E-state index is 10.6. The molecule has 1 aromatic heterocycles. The summed E-state index contributed by atoms with van der Waals surface area (Å²) in [6.45, 7) is 1.59. The number of hydrogen-bond donors (Lipinski definition) is 1. The number of nitrogens with zero attached hydrogens (tertiary/aromatic N) is 2. The Bertz CT molecular complexity index is 315. The molecule has 0 aromatic carbocycles. The van der Waals surface area contributed by atoms with Gasteiger partial charge in [0.2, 0.25) is 0 Å². The Labute approximate surface area is 84.8 Å². The zero-order valence-electron chi connectivity index (χ0n) is 7.19. The van der Waals surface area contributed by atoms with Crippen LogP contribution in [-0.2, 0) is 4.79 Å². The van der Waals surface area contributed by atoms with Gasteiger partial charge >= 0.3 is 5.97 Å². The summed E-state index contributed by atoms with van der Waals surface area (Å²) in [6.07, 6.45) is 0. The second-order valence-electron chi connectivity index (χ2n) is 2.58. The molecule has 0 amide bonds. The number of halogens is 1. The fraction of sp³-hybridized carbons (Fsp3) is 0.429. The van der Waals surface area contributed by atoms with E-state index >= 15 is 0 Å². The van der Waals surface area contributed by atoms with Crippen molar-refractivity contribution in [2.24, 2.45) is 0 Å². The number of carboxylic acids is 1. The molecule has 0 fully saturated rings. The van der Waals surface area contributed by atoms with Gasteiger partial charge in [-0.2, -0.15) is 0 Å². The maximum atomic E-state index is 10.6. The highest BCUT2D eigenvalue weighted by Crippen LogP contribution is 2.23. The minimum atomic E-state index is -0.881. The molecule has 1 N–H and O–H groups in total. The number of aromatic nitrogens is 1. The lowest BCUT2D eigenvalue weighted by Gasteiger charge is -2.19. The molecule has 0 bridgehead atoms. The number of hydrogen-bond acceptors (Lipinski definition) is 4. The Morgan fingerprint density at radius 1 is 1.85 bits per heavy atom. The Morgan fingerprint density at radius 2 is 2.46 bits per heavy atom. The molecule has 13 heavy (non-hydrogen) atoms. The van der Waals surface area contributed by atoms with Crippen LogP contribution in [-0.4, -0.2) is 29.1 Å². The molecule has 1 heterocycles. The first-order chi connectivity index (χ1) is 6.02. The second-order valence-corrected chi connectivity index (χ2v) is 3.80. The predicted octanol–water partition coefficient (Wildman–Crippen LogP) is 1.71. The van der Waals surface area contributed by atoms with Crippen LogP contribution in [0.2, 0.25) is 5.15 Å². The molecule has 4 nitrogen and oxygen atoms in total. The SMILES string of the molecule is CC(C(=O)O)N(C)c1nc(Cl)cs1. The summed E-state index contributed by atoms with van der Waals surface area (Å²) in [6, 6.07) is -0.595. The lowest BCUT2D eigenvalue weighted by Crippen LogP contribution is -2.35. The van der Waals surface area contributed by atoms with Gasteiger partial charge in [0.25, 0.3) is 0 Å². The normalized spacial score (nSPS) is 12.5. The Balaban J connectivity index is 2.78. The van der Waals surface area contributed by atoms with E-state index in [0.29, 0.717) is 10.3 Å². The molecule has 1 unspecified atom stereocenters. The number of carboxylic acid groups (broad SMARTS) is 1. The third-order valence-corrected chi connectivity index (χ3v) is 2.96. The minimum Gasteiger partial charge on any atom is -0.480 e. The minimum absolute atomic E-state index is 0.393. The van der Waals surface area contributed by atoms with Gasteiger partial charge in [-0.15, -0.1) is 11.3 Å². The molecule has 0 spiro atoms. The summed E-state index contributed by atoms with van der Waals surface area (Å²) in [5, 5.41) is 11.4. The van der Waals surface area contributed by atoms with Crippen LogP contribution in [0.1, 0.15) is 6.92 Å². The molecule has 1 rings (SSSR count). The van der Waals surface area contributed by atoms with Crippen molar-refractivity contribution in [3.63, 3.8) is 0 Å². The number of likely N-dealkylation sites (N-methyl/N-ethyl adjacent to an activating group) is 1. The lowest BCUT2D eigenvalue weighted by atomic mass is 10.3. The zero-order chi connectivity index (χ0) is 10.0. The molecule has 1 atom stereocenters. The predicted molar refractivity (Wildman–Crippen MR) is 52.6 cm³/mol. The first kappa shape index (κ1) is 10.3. The summed E-state index contributed by atoms with van der Waals surface area (Å²) in [5.41, 5.74) is 0. The molecule has 1 aromatic rings. The summed E-state index contributed by atoms with van der Waals surface area (Å²) in [7, 11) is 1.67. The summed E-state index contributed by atoms with van der Waals surface area (Å²) in [4.78, 5) is 16.2. The van der Waals surface area contributed by atoms with Crippen LogP contribution in [0, 0.1) is 0 Å². The van der Waals surface area contributed by atoms with Crippen molar-refractivity contribution < 1.29 is 9.90 Å². The first-order valence-corrected chi connectivity index (χ1v) is 4.85. The standard InChI is InChI=1S/C7H9ClN2O2S/c1-4(6(11)12)10(2)7-9-5(8)3-13-7/h3-4H,1-2H3,(H,11,12). The van der Waals surface area contributed by atoms with E-state index in [1.54, 1.807) is 24.3 Å². The van der Waals surface area contributed by atoms with Gasteiger partial charge in [0.05, 0.1) is 0 Å². The average molecular weight is 221 g/mol. The largest absolute Gasteiger partial charge is 0.480 e. The van der Waals surface area contributed by atoms with Crippen molar-refractivity contribution >= 4 is 34.0 Å². The molecule has 0 aliphatic carbocycles. The first-order valence-electron chi connectivity index (χ1n) is 3.59. The number of aliphatic carboxylic acids is 1. The van der Waals surface area contributed by atoms with Crippen molar-refractivity contribution in [2.75, 3.05) is 11.9 Å². The highest BCUT2D eigenvalue weighted by atomic mass is 35.5. The van der Waals surface area contributed by atoms with Crippen LogP contribution >= 0.6 is 22.9 Å². The Morgan fingerprint density at radius 3 is 2.85 bits per heavy atom. The van der Waals surface area contributed by atoms with E-state index in [4.69, 9.17) is 16.7 Å². The number of carbonyl (C=O) groups is 1. The number of thiazole rings is 1. The van der Waals surface area contributed by atoms with E-state index < -0.39 is 12.0 Å². The highest BCUT2D eigenvalue weighted by molar-refractivity contribution is 7.14. The topological polar surface area (TPSA) is 53.4 Å². The van der Waals surface area contributed by atoms with Gasteiger partial charge in [0.15, 0.2) is 5.13 Å². The number of anilines is 1. The van der Waals surface area contributed by atoms with E-state index in [-0.39, 0.29) is 0 Å². The van der Waals surface area contributed by atoms with Gasteiger partial charge in [0.1, 0.15) is 11.2 Å². The molecule has 0 radical (unpaired) electrons. The van der Waals surface area contributed by atoms with Crippen molar-refractivity contribution in [3.8, 4) is 0 Å².